The lowest BCUT2D eigenvalue weighted by atomic mass is 9.78. The summed E-state index contributed by atoms with van der Waals surface area (Å²) in [5.41, 5.74) is 21.2. The Morgan fingerprint density at radius 2 is 0.642 bits per heavy atom. The summed E-state index contributed by atoms with van der Waals surface area (Å²) < 4.78 is 0. The third-order valence-corrected chi connectivity index (χ3v) is 15.1. The summed E-state index contributed by atoms with van der Waals surface area (Å²) in [6.45, 7) is 24.6. The van der Waals surface area contributed by atoms with Crippen LogP contribution in [0.4, 0.5) is 11.4 Å². The van der Waals surface area contributed by atoms with E-state index in [0.29, 0.717) is 6.67 Å². The molecule has 8 aromatic carbocycles. The number of hydrogen-bond donors (Lipinski definition) is 0. The lowest BCUT2D eigenvalue weighted by Crippen LogP contribution is -2.32. The predicted molar refractivity (Wildman–Crippen MR) is 287 cm³/mol. The molecule has 0 unspecified atom stereocenters. The second-order valence-electron chi connectivity index (χ2n) is 21.4. The van der Waals surface area contributed by atoms with E-state index in [1.807, 2.05) is 0 Å². The molecule has 336 valence electrons. The first-order valence-corrected chi connectivity index (χ1v) is 24.6. The fourth-order valence-corrected chi connectivity index (χ4v) is 11.0. The first kappa shape index (κ1) is 44.2. The molecule has 10 rings (SSSR count). The molecule has 0 bridgehead atoms. The molecule has 1 aliphatic carbocycles. The van der Waals surface area contributed by atoms with Gasteiger partial charge in [-0.25, -0.2) is 0 Å². The molecule has 0 radical (unpaired) electrons. The molecule has 1 aliphatic heterocycles. The maximum Gasteiger partial charge on any atom is 0.100 e. The molecule has 2 heteroatoms. The maximum absolute atomic E-state index is 2.76. The van der Waals surface area contributed by atoms with E-state index in [9.17, 15) is 0 Å². The van der Waals surface area contributed by atoms with E-state index < -0.39 is 0 Å². The van der Waals surface area contributed by atoms with Crippen LogP contribution in [0.3, 0.4) is 0 Å². The van der Waals surface area contributed by atoms with Gasteiger partial charge in [0.1, 0.15) is 6.67 Å². The van der Waals surface area contributed by atoms with Gasteiger partial charge >= 0.3 is 0 Å². The van der Waals surface area contributed by atoms with Crippen LogP contribution < -0.4 is 9.80 Å². The second-order valence-corrected chi connectivity index (χ2v) is 21.4. The zero-order chi connectivity index (χ0) is 46.8. The Kier molecular flexibility index (Phi) is 11.4. The summed E-state index contributed by atoms with van der Waals surface area (Å²) in [7, 11) is 0. The van der Waals surface area contributed by atoms with Gasteiger partial charge in [0, 0.05) is 40.2 Å². The van der Waals surface area contributed by atoms with E-state index in [1.54, 1.807) is 0 Å². The Balaban J connectivity index is 1.32. The first-order valence-electron chi connectivity index (χ1n) is 24.6. The van der Waals surface area contributed by atoms with Crippen molar-refractivity contribution in [1.82, 2.24) is 0 Å². The van der Waals surface area contributed by atoms with E-state index in [2.05, 4.69) is 261 Å². The molecular weight excluding hydrogens is 809 g/mol. The average Bonchev–Trinajstić information content (AvgIpc) is 3.90. The van der Waals surface area contributed by atoms with Gasteiger partial charge in [-0.2, -0.15) is 0 Å². The molecule has 0 spiro atoms. The number of rotatable bonds is 10. The number of hydrogen-bond acceptors (Lipinski definition) is 2. The van der Waals surface area contributed by atoms with Crippen LogP contribution in [0, 0.1) is 0 Å². The Hall–Kier alpha value is -6.64. The molecule has 2 nitrogen and oxygen atoms in total. The largest absolute Gasteiger partial charge is 0.320 e. The quantitative estimate of drug-likeness (QED) is 0.135. The van der Waals surface area contributed by atoms with Crippen molar-refractivity contribution in [2.45, 2.75) is 104 Å². The van der Waals surface area contributed by atoms with Gasteiger partial charge < -0.3 is 9.80 Å². The molecular formula is C65H66N2. The van der Waals surface area contributed by atoms with Crippen molar-refractivity contribution < 1.29 is 0 Å². The zero-order valence-electron chi connectivity index (χ0n) is 41.2. The van der Waals surface area contributed by atoms with Crippen LogP contribution >= 0.6 is 0 Å². The van der Waals surface area contributed by atoms with Crippen molar-refractivity contribution in [3.8, 4) is 0 Å². The van der Waals surface area contributed by atoms with Crippen molar-refractivity contribution in [3.63, 3.8) is 0 Å². The second kappa shape index (κ2) is 17.2. The lowest BCUT2D eigenvalue weighted by Gasteiger charge is -2.37. The lowest BCUT2D eigenvalue weighted by molar-refractivity contribution is 0.587. The monoisotopic (exact) mass is 875 g/mol. The van der Waals surface area contributed by atoms with Gasteiger partial charge in [-0.15, -0.1) is 0 Å². The summed E-state index contributed by atoms with van der Waals surface area (Å²) in [5.74, 6) is 0.523. The number of benzene rings is 8. The van der Waals surface area contributed by atoms with Gasteiger partial charge in [-0.3, -0.25) is 0 Å². The van der Waals surface area contributed by atoms with E-state index in [-0.39, 0.29) is 34.5 Å². The van der Waals surface area contributed by atoms with E-state index in [1.165, 1.54) is 100 Å². The van der Waals surface area contributed by atoms with Crippen molar-refractivity contribution in [3.05, 3.63) is 249 Å². The normalized spacial score (nSPS) is 15.5. The van der Waals surface area contributed by atoms with Crippen LogP contribution in [-0.2, 0) is 10.8 Å². The first-order chi connectivity index (χ1) is 32.2. The van der Waals surface area contributed by atoms with Gasteiger partial charge in [0.05, 0.1) is 22.8 Å². The van der Waals surface area contributed by atoms with E-state index >= 15 is 0 Å². The maximum atomic E-state index is 2.76. The van der Waals surface area contributed by atoms with Crippen LogP contribution in [0.5, 0.6) is 0 Å². The van der Waals surface area contributed by atoms with Gasteiger partial charge in [0.25, 0.3) is 0 Å². The van der Waals surface area contributed by atoms with Crippen molar-refractivity contribution in [2.24, 2.45) is 0 Å². The highest BCUT2D eigenvalue weighted by Gasteiger charge is 2.43. The summed E-state index contributed by atoms with van der Waals surface area (Å²) in [5, 5.41) is 2.62. The molecule has 1 heterocycles. The zero-order valence-corrected chi connectivity index (χ0v) is 41.2. The topological polar surface area (TPSA) is 6.48 Å². The highest BCUT2D eigenvalue weighted by Crippen LogP contribution is 2.57. The van der Waals surface area contributed by atoms with Crippen LogP contribution in [0.2, 0.25) is 0 Å². The summed E-state index contributed by atoms with van der Waals surface area (Å²) in [4.78, 5) is 5.51. The summed E-state index contributed by atoms with van der Waals surface area (Å²) in [6.07, 6.45) is 0. The van der Waals surface area contributed by atoms with E-state index in [4.69, 9.17) is 0 Å². The van der Waals surface area contributed by atoms with Gasteiger partial charge in [-0.05, 0) is 71.9 Å². The Bertz CT molecular complexity index is 2770. The minimum atomic E-state index is -0.0642. The fourth-order valence-electron chi connectivity index (χ4n) is 11.0. The predicted octanol–water partition coefficient (Wildman–Crippen LogP) is 17.2. The molecule has 0 amide bonds. The molecule has 8 aromatic rings. The fraction of sp³-hybridized carbons (Fsp3) is 0.262. The Labute approximate surface area is 400 Å². The summed E-state index contributed by atoms with van der Waals surface area (Å²) >= 11 is 0. The Morgan fingerprint density at radius 3 is 0.910 bits per heavy atom. The van der Waals surface area contributed by atoms with Gasteiger partial charge in [-0.1, -0.05) is 251 Å². The molecule has 0 aromatic heterocycles. The number of nitrogens with zero attached hydrogens (tertiary/aromatic N) is 2. The molecule has 0 saturated carbocycles. The minimum Gasteiger partial charge on any atom is -0.320 e. The summed E-state index contributed by atoms with van der Waals surface area (Å²) in [6, 6.07) is 68.9. The van der Waals surface area contributed by atoms with Crippen LogP contribution in [0.15, 0.2) is 182 Å². The van der Waals surface area contributed by atoms with Crippen LogP contribution in [-0.4, -0.2) is 6.67 Å². The minimum absolute atomic E-state index is 0.0642. The third kappa shape index (κ3) is 7.89. The van der Waals surface area contributed by atoms with Crippen molar-refractivity contribution >= 4 is 33.5 Å². The number of fused-ring (bicyclic) bond motifs is 2. The van der Waals surface area contributed by atoms with Crippen LogP contribution in [0.1, 0.15) is 160 Å². The Morgan fingerprint density at radius 1 is 0.358 bits per heavy atom. The van der Waals surface area contributed by atoms with E-state index in [0.717, 1.165) is 0 Å². The molecule has 0 fully saturated rings. The molecule has 0 N–H and O–H groups in total. The SMILES string of the molecule is C[C@@H](c1ccccc1)c1cc(C(C)(C)C)cc([C@@H](C)c2ccccc2)c1N1CN(c2c([C@@H](C)c3ccccc3)cc(C(C)(C)C)cc2[C@@H](C)c2ccccc2)C2=C1c1cccc3cccc2c13. The average molecular weight is 875 g/mol. The molecule has 2 aliphatic rings. The molecule has 67 heavy (non-hydrogen) atoms. The van der Waals surface area contributed by atoms with Crippen LogP contribution in [0.25, 0.3) is 22.2 Å². The highest BCUT2D eigenvalue weighted by molar-refractivity contribution is 6.21. The van der Waals surface area contributed by atoms with Crippen molar-refractivity contribution in [1.29, 1.82) is 0 Å². The smallest absolute Gasteiger partial charge is 0.100 e. The third-order valence-electron chi connectivity index (χ3n) is 15.1. The molecule has 0 saturated heterocycles. The standard InChI is InChI=1S/C65H66N2/c1-42(46-25-15-11-16-26-46)55-37-51(64(5,6)7)38-56(43(2)47-27-17-12-18-28-47)60(55)66-41-67(63-54-36-24-34-50-33-23-35-53(59(50)54)62(63)66)61-57(44(3)48-29-19-13-20-30-48)39-52(65(8,9)10)40-58(61)45(4)49-31-21-14-22-32-49/h11-40,42-45H,41H2,1-10H3/t42-,43-,44-,45-/m0/s1. The van der Waals surface area contributed by atoms with Gasteiger partial charge in [0.15, 0.2) is 0 Å². The van der Waals surface area contributed by atoms with Gasteiger partial charge in [0.2, 0.25) is 0 Å². The van der Waals surface area contributed by atoms with Crippen molar-refractivity contribution in [2.75, 3.05) is 16.5 Å². The molecule has 4 atom stereocenters. The number of anilines is 2. The highest BCUT2D eigenvalue weighted by atomic mass is 15.4.